The minimum absolute atomic E-state index is 0.0506. The van der Waals surface area contributed by atoms with Crippen molar-refractivity contribution in [2.45, 2.75) is 49.9 Å². The molecule has 1 aliphatic carbocycles. The van der Waals surface area contributed by atoms with Gasteiger partial charge < -0.3 is 5.32 Å². The van der Waals surface area contributed by atoms with Gasteiger partial charge in [-0.05, 0) is 50.1 Å². The number of nitrogens with zero attached hydrogens (tertiary/aromatic N) is 2. The number of carbonyl (C=O) groups is 1. The average molecular weight is 390 g/mol. The highest BCUT2D eigenvalue weighted by Crippen LogP contribution is 2.41. The number of rotatable bonds is 5. The van der Waals surface area contributed by atoms with Gasteiger partial charge >= 0.3 is 0 Å². The molecular weight excluding hydrogens is 370 g/mol. The second kappa shape index (κ2) is 7.05. The van der Waals surface area contributed by atoms with Crippen molar-refractivity contribution in [3.8, 4) is 0 Å². The molecule has 1 N–H and O–H groups in total. The topological polar surface area (TPSA) is 54.9 Å². The van der Waals surface area contributed by atoms with Crippen molar-refractivity contribution in [1.29, 1.82) is 0 Å². The molecule has 0 fully saturated rings. The third kappa shape index (κ3) is 3.45. The summed E-state index contributed by atoms with van der Waals surface area (Å²) in [5.74, 6) is 0.829. The van der Waals surface area contributed by atoms with Gasteiger partial charge in [0, 0.05) is 15.1 Å². The lowest BCUT2D eigenvalue weighted by molar-refractivity contribution is -0.120. The van der Waals surface area contributed by atoms with Crippen LogP contribution in [0.15, 0.2) is 22.5 Å². The second-order valence-corrected chi connectivity index (χ2v) is 9.62. The van der Waals surface area contributed by atoms with Crippen LogP contribution in [-0.2, 0) is 24.2 Å². The van der Waals surface area contributed by atoms with Crippen LogP contribution in [0.5, 0.6) is 0 Å². The summed E-state index contributed by atoms with van der Waals surface area (Å²) in [6.07, 6.45) is 3.47. The van der Waals surface area contributed by atoms with Crippen LogP contribution in [0, 0.1) is 6.92 Å². The number of fused-ring (bicyclic) bond motifs is 3. The number of aryl methyl sites for hydroxylation is 3. The van der Waals surface area contributed by atoms with Crippen LogP contribution in [0.1, 0.15) is 34.5 Å². The first-order chi connectivity index (χ1) is 12.1. The maximum absolute atomic E-state index is 12.5. The minimum atomic E-state index is -0.186. The standard InChI is InChI=1S/C18H19N3OS3/c1-10(16(22)19-9-12-5-4-8-23-12)24-17-15-13-6-3-7-14(13)25-18(15)21-11(2)20-17/h4-5,8,10H,3,6-7,9H2,1-2H3,(H,19,22)/t10-/m1/s1. The predicted octanol–water partition coefficient (Wildman–Crippen LogP) is 4.35. The van der Waals surface area contributed by atoms with Gasteiger partial charge in [-0.25, -0.2) is 9.97 Å². The van der Waals surface area contributed by atoms with E-state index in [0.717, 1.165) is 28.5 Å². The van der Waals surface area contributed by atoms with Gasteiger partial charge in [-0.15, -0.1) is 22.7 Å². The fraction of sp³-hybridized carbons (Fsp3) is 0.389. The fourth-order valence-electron chi connectivity index (χ4n) is 3.10. The number of nitrogens with one attached hydrogen (secondary N) is 1. The number of aromatic nitrogens is 2. The highest BCUT2D eigenvalue weighted by atomic mass is 32.2. The Morgan fingerprint density at radius 2 is 2.28 bits per heavy atom. The Labute approximate surface area is 159 Å². The first-order valence-electron chi connectivity index (χ1n) is 8.37. The van der Waals surface area contributed by atoms with Gasteiger partial charge in [0.1, 0.15) is 15.7 Å². The molecule has 1 atom stereocenters. The fourth-order valence-corrected chi connectivity index (χ4v) is 6.17. The molecule has 3 aromatic rings. The van der Waals surface area contributed by atoms with Crippen LogP contribution in [0.25, 0.3) is 10.2 Å². The molecule has 4 nitrogen and oxygen atoms in total. The average Bonchev–Trinajstić information content (AvgIpc) is 3.28. The summed E-state index contributed by atoms with van der Waals surface area (Å²) in [6.45, 7) is 4.47. The number of thiophene rings is 2. The third-order valence-corrected chi connectivity index (χ3v) is 7.47. The molecular formula is C18H19N3OS3. The van der Waals surface area contributed by atoms with Crippen molar-refractivity contribution < 1.29 is 4.79 Å². The van der Waals surface area contributed by atoms with E-state index in [1.807, 2.05) is 31.4 Å². The van der Waals surface area contributed by atoms with Gasteiger partial charge in [-0.3, -0.25) is 4.79 Å². The lowest BCUT2D eigenvalue weighted by atomic mass is 10.2. The van der Waals surface area contributed by atoms with Crippen molar-refractivity contribution in [1.82, 2.24) is 15.3 Å². The molecule has 0 radical (unpaired) electrons. The molecule has 1 aliphatic rings. The van der Waals surface area contributed by atoms with E-state index in [4.69, 9.17) is 0 Å². The van der Waals surface area contributed by atoms with Crippen molar-refractivity contribution in [2.24, 2.45) is 0 Å². The lowest BCUT2D eigenvalue weighted by Gasteiger charge is -2.12. The van der Waals surface area contributed by atoms with E-state index in [0.29, 0.717) is 6.54 Å². The SMILES string of the molecule is Cc1nc(S[C@H](C)C(=O)NCc2cccs2)c2c3c(sc2n1)CCC3. The highest BCUT2D eigenvalue weighted by molar-refractivity contribution is 8.00. The summed E-state index contributed by atoms with van der Waals surface area (Å²) in [4.78, 5) is 25.4. The summed E-state index contributed by atoms with van der Waals surface area (Å²) in [5, 5.41) is 7.01. The van der Waals surface area contributed by atoms with Crippen LogP contribution in [-0.4, -0.2) is 21.1 Å². The zero-order valence-electron chi connectivity index (χ0n) is 14.2. The molecule has 4 rings (SSSR count). The van der Waals surface area contributed by atoms with Crippen molar-refractivity contribution in [3.05, 3.63) is 38.7 Å². The highest BCUT2D eigenvalue weighted by Gasteiger charge is 2.24. The van der Waals surface area contributed by atoms with Gasteiger partial charge in [0.05, 0.1) is 11.8 Å². The predicted molar refractivity (Wildman–Crippen MR) is 106 cm³/mol. The van der Waals surface area contributed by atoms with Gasteiger partial charge in [-0.1, -0.05) is 17.8 Å². The quantitative estimate of drug-likeness (QED) is 0.521. The molecule has 7 heteroatoms. The molecule has 1 amide bonds. The van der Waals surface area contributed by atoms with E-state index < -0.39 is 0 Å². The second-order valence-electron chi connectivity index (χ2n) is 6.17. The molecule has 3 heterocycles. The zero-order chi connectivity index (χ0) is 17.4. The monoisotopic (exact) mass is 389 g/mol. The molecule has 0 aliphatic heterocycles. The zero-order valence-corrected chi connectivity index (χ0v) is 16.6. The summed E-state index contributed by atoms with van der Waals surface area (Å²) in [6, 6.07) is 4.04. The Bertz CT molecular complexity index is 917. The first-order valence-corrected chi connectivity index (χ1v) is 10.9. The Kier molecular flexibility index (Phi) is 4.80. The summed E-state index contributed by atoms with van der Waals surface area (Å²) < 4.78 is 0. The summed E-state index contributed by atoms with van der Waals surface area (Å²) >= 11 is 5.00. The van der Waals surface area contributed by atoms with E-state index in [2.05, 4.69) is 15.3 Å². The van der Waals surface area contributed by atoms with Gasteiger partial charge in [-0.2, -0.15) is 0 Å². The summed E-state index contributed by atoms with van der Waals surface area (Å²) in [5.41, 5.74) is 1.41. The van der Waals surface area contributed by atoms with E-state index >= 15 is 0 Å². The molecule has 3 aromatic heterocycles. The molecule has 0 saturated carbocycles. The molecule has 0 spiro atoms. The van der Waals surface area contributed by atoms with Gasteiger partial charge in [0.25, 0.3) is 0 Å². The Morgan fingerprint density at radius 1 is 1.40 bits per heavy atom. The van der Waals surface area contributed by atoms with Crippen molar-refractivity contribution >= 4 is 50.6 Å². The molecule has 130 valence electrons. The molecule has 25 heavy (non-hydrogen) atoms. The summed E-state index contributed by atoms with van der Waals surface area (Å²) in [7, 11) is 0. The van der Waals surface area contributed by atoms with Crippen molar-refractivity contribution in [2.75, 3.05) is 0 Å². The number of hydrogen-bond donors (Lipinski definition) is 1. The van der Waals surface area contributed by atoms with E-state index in [1.54, 1.807) is 34.4 Å². The number of thioether (sulfide) groups is 1. The molecule has 0 unspecified atom stereocenters. The minimum Gasteiger partial charge on any atom is -0.350 e. The van der Waals surface area contributed by atoms with Crippen LogP contribution in [0.3, 0.4) is 0 Å². The molecule has 0 aromatic carbocycles. The van der Waals surface area contributed by atoms with Crippen LogP contribution in [0.4, 0.5) is 0 Å². The van der Waals surface area contributed by atoms with E-state index in [9.17, 15) is 4.79 Å². The Hall–Kier alpha value is -1.44. The smallest absolute Gasteiger partial charge is 0.233 e. The Balaban J connectivity index is 1.54. The largest absolute Gasteiger partial charge is 0.350 e. The molecule has 0 saturated heterocycles. The maximum atomic E-state index is 12.5. The number of amides is 1. The lowest BCUT2D eigenvalue weighted by Crippen LogP contribution is -2.30. The first kappa shape index (κ1) is 17.0. The molecule has 0 bridgehead atoms. The van der Waals surface area contributed by atoms with Gasteiger partial charge in [0.2, 0.25) is 5.91 Å². The Morgan fingerprint density at radius 3 is 3.08 bits per heavy atom. The van der Waals surface area contributed by atoms with Gasteiger partial charge in [0.15, 0.2) is 0 Å². The third-order valence-electron chi connectivity index (χ3n) is 4.32. The van der Waals surface area contributed by atoms with E-state index in [1.165, 1.54) is 27.1 Å². The van der Waals surface area contributed by atoms with Crippen LogP contribution >= 0.6 is 34.4 Å². The van der Waals surface area contributed by atoms with Crippen LogP contribution in [0.2, 0.25) is 0 Å². The maximum Gasteiger partial charge on any atom is 0.233 e. The normalized spacial score (nSPS) is 14.6. The van der Waals surface area contributed by atoms with Crippen molar-refractivity contribution in [3.63, 3.8) is 0 Å². The number of hydrogen-bond acceptors (Lipinski definition) is 6. The van der Waals surface area contributed by atoms with Crippen LogP contribution < -0.4 is 5.32 Å². The van der Waals surface area contributed by atoms with E-state index in [-0.39, 0.29) is 11.2 Å². The number of carbonyl (C=O) groups excluding carboxylic acids is 1.